The van der Waals surface area contributed by atoms with Crippen LogP contribution in [0, 0.1) is 0 Å². The Bertz CT molecular complexity index is 367. The molecule has 0 radical (unpaired) electrons. The molecule has 1 fully saturated rings. The standard InChI is InChI=1S/C17H28N2/c1-4-14(2)19(3)12-11-18-13-15-5-7-16(8-6-15)17-9-10-17/h5-8,14,17-18H,4,9-13H2,1-3H3. The molecule has 1 atom stereocenters. The molecule has 0 amide bonds. The molecule has 1 N–H and O–H groups in total. The van der Waals surface area contributed by atoms with Gasteiger partial charge in [-0.25, -0.2) is 0 Å². The number of rotatable bonds is 8. The summed E-state index contributed by atoms with van der Waals surface area (Å²) in [6, 6.07) is 9.84. The van der Waals surface area contributed by atoms with Gasteiger partial charge in [0.05, 0.1) is 0 Å². The van der Waals surface area contributed by atoms with E-state index in [2.05, 4.69) is 55.4 Å². The van der Waals surface area contributed by atoms with E-state index in [1.165, 1.54) is 30.4 Å². The van der Waals surface area contributed by atoms with Crippen LogP contribution in [0.4, 0.5) is 0 Å². The van der Waals surface area contributed by atoms with Crippen molar-refractivity contribution in [1.82, 2.24) is 10.2 Å². The lowest BCUT2D eigenvalue weighted by Gasteiger charge is -2.23. The van der Waals surface area contributed by atoms with E-state index in [0.717, 1.165) is 25.6 Å². The molecule has 2 nitrogen and oxygen atoms in total. The highest BCUT2D eigenvalue weighted by molar-refractivity contribution is 5.27. The first kappa shape index (κ1) is 14.5. The van der Waals surface area contributed by atoms with E-state index in [-0.39, 0.29) is 0 Å². The van der Waals surface area contributed by atoms with Gasteiger partial charge in [-0.3, -0.25) is 0 Å². The largest absolute Gasteiger partial charge is 0.311 e. The van der Waals surface area contributed by atoms with E-state index >= 15 is 0 Å². The number of hydrogen-bond acceptors (Lipinski definition) is 2. The van der Waals surface area contributed by atoms with Gasteiger partial charge in [0, 0.05) is 25.7 Å². The van der Waals surface area contributed by atoms with Crippen molar-refractivity contribution in [1.29, 1.82) is 0 Å². The summed E-state index contributed by atoms with van der Waals surface area (Å²) < 4.78 is 0. The number of nitrogens with one attached hydrogen (secondary N) is 1. The molecule has 0 heterocycles. The normalized spacial score (nSPS) is 16.8. The zero-order valence-corrected chi connectivity index (χ0v) is 12.7. The van der Waals surface area contributed by atoms with Gasteiger partial charge in [-0.2, -0.15) is 0 Å². The van der Waals surface area contributed by atoms with Crippen LogP contribution in [0.2, 0.25) is 0 Å². The molecule has 2 rings (SSSR count). The van der Waals surface area contributed by atoms with Gasteiger partial charge in [-0.05, 0) is 50.3 Å². The Balaban J connectivity index is 1.65. The Morgan fingerprint density at radius 2 is 1.95 bits per heavy atom. The van der Waals surface area contributed by atoms with E-state index in [1.54, 1.807) is 0 Å². The van der Waals surface area contributed by atoms with Crippen LogP contribution in [0.1, 0.15) is 50.2 Å². The zero-order chi connectivity index (χ0) is 13.7. The second-order valence-corrected chi connectivity index (χ2v) is 5.93. The number of hydrogen-bond donors (Lipinski definition) is 1. The fraction of sp³-hybridized carbons (Fsp3) is 0.647. The molecule has 1 aliphatic rings. The van der Waals surface area contributed by atoms with Gasteiger partial charge in [-0.15, -0.1) is 0 Å². The van der Waals surface area contributed by atoms with Crippen LogP contribution in [0.5, 0.6) is 0 Å². The molecular formula is C17H28N2. The van der Waals surface area contributed by atoms with Gasteiger partial charge in [0.25, 0.3) is 0 Å². The Morgan fingerprint density at radius 1 is 1.26 bits per heavy atom. The molecule has 0 saturated heterocycles. The third-order valence-corrected chi connectivity index (χ3v) is 4.34. The maximum absolute atomic E-state index is 3.53. The number of likely N-dealkylation sites (N-methyl/N-ethyl adjacent to an activating group) is 1. The maximum atomic E-state index is 3.53. The van der Waals surface area contributed by atoms with Gasteiger partial charge >= 0.3 is 0 Å². The molecule has 1 aromatic carbocycles. The lowest BCUT2D eigenvalue weighted by atomic mass is 10.1. The quantitative estimate of drug-likeness (QED) is 0.721. The summed E-state index contributed by atoms with van der Waals surface area (Å²) in [7, 11) is 2.21. The molecule has 1 aromatic rings. The molecule has 0 aliphatic heterocycles. The minimum absolute atomic E-state index is 0.680. The zero-order valence-electron chi connectivity index (χ0n) is 12.7. The van der Waals surface area contributed by atoms with E-state index in [9.17, 15) is 0 Å². The minimum atomic E-state index is 0.680. The molecule has 1 unspecified atom stereocenters. The fourth-order valence-corrected chi connectivity index (χ4v) is 2.34. The Kier molecular flexibility index (Phi) is 5.41. The summed E-state index contributed by atoms with van der Waals surface area (Å²) in [4.78, 5) is 2.42. The van der Waals surface area contributed by atoms with Gasteiger partial charge in [-0.1, -0.05) is 31.2 Å². The Hall–Kier alpha value is -0.860. The van der Waals surface area contributed by atoms with Crippen LogP contribution in [0.3, 0.4) is 0 Å². The topological polar surface area (TPSA) is 15.3 Å². The molecule has 0 spiro atoms. The van der Waals surface area contributed by atoms with Crippen molar-refractivity contribution in [2.75, 3.05) is 20.1 Å². The third-order valence-electron chi connectivity index (χ3n) is 4.34. The van der Waals surface area contributed by atoms with Crippen molar-refractivity contribution in [3.63, 3.8) is 0 Å². The molecule has 2 heteroatoms. The second kappa shape index (κ2) is 7.06. The molecule has 1 aliphatic carbocycles. The first-order valence-corrected chi connectivity index (χ1v) is 7.70. The van der Waals surface area contributed by atoms with Gasteiger partial charge in [0.15, 0.2) is 0 Å². The van der Waals surface area contributed by atoms with Gasteiger partial charge in [0.2, 0.25) is 0 Å². The summed E-state index contributed by atoms with van der Waals surface area (Å²) in [5.41, 5.74) is 2.93. The first-order chi connectivity index (χ1) is 9.20. The summed E-state index contributed by atoms with van der Waals surface area (Å²) in [5, 5.41) is 3.53. The average Bonchev–Trinajstić information content (AvgIpc) is 3.27. The fourth-order valence-electron chi connectivity index (χ4n) is 2.34. The van der Waals surface area contributed by atoms with Crippen LogP contribution in [0.15, 0.2) is 24.3 Å². The predicted molar refractivity (Wildman–Crippen MR) is 82.5 cm³/mol. The third kappa shape index (κ3) is 4.63. The van der Waals surface area contributed by atoms with Gasteiger partial charge < -0.3 is 10.2 Å². The van der Waals surface area contributed by atoms with Crippen LogP contribution in [0.25, 0.3) is 0 Å². The van der Waals surface area contributed by atoms with Crippen LogP contribution < -0.4 is 5.32 Å². The van der Waals surface area contributed by atoms with Crippen molar-refractivity contribution in [3.05, 3.63) is 35.4 Å². The molecular weight excluding hydrogens is 232 g/mol. The summed E-state index contributed by atoms with van der Waals surface area (Å²) in [5.74, 6) is 0.867. The van der Waals surface area contributed by atoms with Crippen molar-refractivity contribution in [3.8, 4) is 0 Å². The number of benzene rings is 1. The van der Waals surface area contributed by atoms with Gasteiger partial charge in [0.1, 0.15) is 0 Å². The van der Waals surface area contributed by atoms with E-state index in [4.69, 9.17) is 0 Å². The predicted octanol–water partition coefficient (Wildman–Crippen LogP) is 3.38. The summed E-state index contributed by atoms with van der Waals surface area (Å²) in [6.07, 6.45) is 4.00. The van der Waals surface area contributed by atoms with Crippen molar-refractivity contribution >= 4 is 0 Å². The number of nitrogens with zero attached hydrogens (tertiary/aromatic N) is 1. The maximum Gasteiger partial charge on any atom is 0.0206 e. The smallest absolute Gasteiger partial charge is 0.0206 e. The van der Waals surface area contributed by atoms with Crippen LogP contribution >= 0.6 is 0 Å². The lowest BCUT2D eigenvalue weighted by Crippen LogP contribution is -2.34. The molecule has 0 aromatic heterocycles. The Morgan fingerprint density at radius 3 is 2.53 bits per heavy atom. The SMILES string of the molecule is CCC(C)N(C)CCNCc1ccc(C2CC2)cc1. The van der Waals surface area contributed by atoms with Crippen molar-refractivity contribution in [2.45, 2.75) is 51.6 Å². The van der Waals surface area contributed by atoms with Crippen LogP contribution in [-0.4, -0.2) is 31.1 Å². The van der Waals surface area contributed by atoms with Crippen molar-refractivity contribution < 1.29 is 0 Å². The lowest BCUT2D eigenvalue weighted by molar-refractivity contribution is 0.252. The van der Waals surface area contributed by atoms with E-state index in [0.29, 0.717) is 6.04 Å². The Labute approximate surface area is 118 Å². The minimum Gasteiger partial charge on any atom is -0.311 e. The first-order valence-electron chi connectivity index (χ1n) is 7.70. The highest BCUT2D eigenvalue weighted by Crippen LogP contribution is 2.39. The van der Waals surface area contributed by atoms with E-state index < -0.39 is 0 Å². The van der Waals surface area contributed by atoms with Crippen molar-refractivity contribution in [2.24, 2.45) is 0 Å². The van der Waals surface area contributed by atoms with E-state index in [1.807, 2.05) is 0 Å². The molecule has 0 bridgehead atoms. The molecule has 106 valence electrons. The molecule has 1 saturated carbocycles. The molecule has 19 heavy (non-hydrogen) atoms. The monoisotopic (exact) mass is 260 g/mol. The van der Waals surface area contributed by atoms with Crippen LogP contribution in [-0.2, 0) is 6.54 Å². The highest BCUT2D eigenvalue weighted by Gasteiger charge is 2.22. The average molecular weight is 260 g/mol. The summed E-state index contributed by atoms with van der Waals surface area (Å²) in [6.45, 7) is 7.70. The highest BCUT2D eigenvalue weighted by atomic mass is 15.1. The second-order valence-electron chi connectivity index (χ2n) is 5.93. The summed E-state index contributed by atoms with van der Waals surface area (Å²) >= 11 is 0.